The predicted molar refractivity (Wildman–Crippen MR) is 75.1 cm³/mol. The van der Waals surface area contributed by atoms with Crippen LogP contribution >= 0.6 is 15.9 Å². The lowest BCUT2D eigenvalue weighted by Gasteiger charge is -2.29. The van der Waals surface area contributed by atoms with Gasteiger partial charge in [-0.15, -0.1) is 0 Å². The molecule has 0 saturated carbocycles. The van der Waals surface area contributed by atoms with Gasteiger partial charge in [0.2, 0.25) is 0 Å². The van der Waals surface area contributed by atoms with Gasteiger partial charge in [0.25, 0.3) is 5.91 Å². The quantitative estimate of drug-likeness (QED) is 0.879. The van der Waals surface area contributed by atoms with Gasteiger partial charge in [-0.25, -0.2) is 0 Å². The van der Waals surface area contributed by atoms with Crippen LogP contribution in [0.1, 0.15) is 17.4 Å². The molecule has 2 heterocycles. The highest BCUT2D eigenvalue weighted by molar-refractivity contribution is 9.10. The Morgan fingerprint density at radius 2 is 2.26 bits per heavy atom. The number of amides is 1. The van der Waals surface area contributed by atoms with E-state index < -0.39 is 0 Å². The molecule has 7 heteroatoms. The normalized spacial score (nSPS) is 18.3. The van der Waals surface area contributed by atoms with Crippen molar-refractivity contribution in [2.75, 3.05) is 32.8 Å². The van der Waals surface area contributed by atoms with Gasteiger partial charge in [-0.1, -0.05) is 0 Å². The first-order chi connectivity index (χ1) is 9.06. The molecule has 0 spiro atoms. The van der Waals surface area contributed by atoms with E-state index in [1.165, 1.54) is 0 Å². The Labute approximate surface area is 121 Å². The zero-order valence-electron chi connectivity index (χ0n) is 11.2. The van der Waals surface area contributed by atoms with E-state index >= 15 is 0 Å². The molecule has 0 aromatic carbocycles. The Kier molecular flexibility index (Phi) is 4.95. The van der Waals surface area contributed by atoms with Crippen molar-refractivity contribution in [2.45, 2.75) is 13.0 Å². The fourth-order valence-corrected chi connectivity index (χ4v) is 2.68. The fraction of sp³-hybridized carbons (Fsp3) is 0.667. The molecule has 1 amide bonds. The maximum atomic E-state index is 12.1. The van der Waals surface area contributed by atoms with Crippen LogP contribution in [0, 0.1) is 0 Å². The van der Waals surface area contributed by atoms with Crippen LogP contribution in [0.15, 0.2) is 10.7 Å². The predicted octanol–water partition coefficient (Wildman–Crippen LogP) is 0.633. The average Bonchev–Trinajstić information content (AvgIpc) is 2.69. The van der Waals surface area contributed by atoms with Crippen LogP contribution < -0.4 is 5.32 Å². The lowest BCUT2D eigenvalue weighted by atomic mass is 10.2. The smallest absolute Gasteiger partial charge is 0.273 e. The van der Waals surface area contributed by atoms with E-state index in [0.717, 1.165) is 32.8 Å². The number of aryl methyl sites for hydroxylation is 1. The lowest BCUT2D eigenvalue weighted by Crippen LogP contribution is -2.46. The molecule has 1 fully saturated rings. The summed E-state index contributed by atoms with van der Waals surface area (Å²) >= 11 is 3.34. The third-order valence-corrected chi connectivity index (χ3v) is 3.59. The van der Waals surface area contributed by atoms with Gasteiger partial charge in [-0.3, -0.25) is 14.4 Å². The Morgan fingerprint density at radius 1 is 1.58 bits per heavy atom. The summed E-state index contributed by atoms with van der Waals surface area (Å²) in [6.45, 7) is 6.23. The molecule has 19 heavy (non-hydrogen) atoms. The van der Waals surface area contributed by atoms with Crippen molar-refractivity contribution >= 4 is 21.8 Å². The number of ether oxygens (including phenoxy) is 1. The summed E-state index contributed by atoms with van der Waals surface area (Å²) in [5, 5.41) is 7.10. The second-order valence-electron chi connectivity index (χ2n) is 4.79. The summed E-state index contributed by atoms with van der Waals surface area (Å²) in [5.41, 5.74) is 0.427. The SMILES string of the molecule is CC(CN1CCOCC1)NC(=O)c1nn(C)cc1Br. The maximum absolute atomic E-state index is 12.1. The van der Waals surface area contributed by atoms with Crippen LogP contribution in [0.4, 0.5) is 0 Å². The van der Waals surface area contributed by atoms with Crippen LogP contribution in [0.25, 0.3) is 0 Å². The zero-order valence-corrected chi connectivity index (χ0v) is 12.8. The van der Waals surface area contributed by atoms with Crippen molar-refractivity contribution in [1.29, 1.82) is 0 Å². The second kappa shape index (κ2) is 6.49. The van der Waals surface area contributed by atoms with Gasteiger partial charge in [0.15, 0.2) is 5.69 Å². The molecular weight excluding hydrogens is 312 g/mol. The molecule has 0 bridgehead atoms. The Bertz CT molecular complexity index is 443. The molecule has 0 aliphatic carbocycles. The maximum Gasteiger partial charge on any atom is 0.273 e. The second-order valence-corrected chi connectivity index (χ2v) is 5.64. The molecule has 1 unspecified atom stereocenters. The molecule has 1 N–H and O–H groups in total. The molecule has 6 nitrogen and oxygen atoms in total. The number of nitrogens with one attached hydrogen (secondary N) is 1. The van der Waals surface area contributed by atoms with E-state index in [9.17, 15) is 4.79 Å². The largest absolute Gasteiger partial charge is 0.379 e. The minimum Gasteiger partial charge on any atom is -0.379 e. The lowest BCUT2D eigenvalue weighted by molar-refractivity contribution is 0.0342. The molecule has 0 radical (unpaired) electrons. The van der Waals surface area contributed by atoms with Gasteiger partial charge < -0.3 is 10.1 Å². The third-order valence-electron chi connectivity index (χ3n) is 3.01. The molecular formula is C12H19BrN4O2. The molecule has 1 aliphatic rings. The van der Waals surface area contributed by atoms with Crippen LogP contribution in [0.5, 0.6) is 0 Å². The highest BCUT2D eigenvalue weighted by atomic mass is 79.9. The van der Waals surface area contributed by atoms with Gasteiger partial charge in [0, 0.05) is 38.9 Å². The Hall–Kier alpha value is -0.920. The Balaban J connectivity index is 1.86. The summed E-state index contributed by atoms with van der Waals surface area (Å²) in [4.78, 5) is 14.4. The topological polar surface area (TPSA) is 59.4 Å². The summed E-state index contributed by atoms with van der Waals surface area (Å²) in [7, 11) is 1.79. The van der Waals surface area contributed by atoms with Gasteiger partial charge in [-0.05, 0) is 22.9 Å². The number of morpholine rings is 1. The number of aromatic nitrogens is 2. The van der Waals surface area contributed by atoms with E-state index in [2.05, 4.69) is 31.2 Å². The number of nitrogens with zero attached hydrogens (tertiary/aromatic N) is 3. The van der Waals surface area contributed by atoms with Crippen LogP contribution in [0.3, 0.4) is 0 Å². The monoisotopic (exact) mass is 330 g/mol. The summed E-state index contributed by atoms with van der Waals surface area (Å²) in [6.07, 6.45) is 1.77. The molecule has 2 rings (SSSR count). The number of halogens is 1. The molecule has 1 atom stereocenters. The zero-order chi connectivity index (χ0) is 13.8. The first kappa shape index (κ1) is 14.5. The third kappa shape index (κ3) is 4.02. The number of hydrogen-bond acceptors (Lipinski definition) is 4. The summed E-state index contributed by atoms with van der Waals surface area (Å²) < 4.78 is 7.63. The van der Waals surface area contributed by atoms with Crippen molar-refractivity contribution in [1.82, 2.24) is 20.0 Å². The van der Waals surface area contributed by atoms with Gasteiger partial charge >= 0.3 is 0 Å². The van der Waals surface area contributed by atoms with Gasteiger partial charge in [0.1, 0.15) is 0 Å². The number of carbonyl (C=O) groups is 1. The first-order valence-electron chi connectivity index (χ1n) is 6.36. The van der Waals surface area contributed by atoms with Crippen molar-refractivity contribution in [3.63, 3.8) is 0 Å². The van der Waals surface area contributed by atoms with Crippen LogP contribution in [-0.2, 0) is 11.8 Å². The van der Waals surface area contributed by atoms with E-state index in [1.54, 1.807) is 17.9 Å². The molecule has 1 aromatic heterocycles. The van der Waals surface area contributed by atoms with Gasteiger partial charge in [0.05, 0.1) is 17.7 Å². The fourth-order valence-electron chi connectivity index (χ4n) is 2.12. The van der Waals surface area contributed by atoms with E-state index in [0.29, 0.717) is 10.2 Å². The number of carbonyl (C=O) groups excluding carboxylic acids is 1. The van der Waals surface area contributed by atoms with E-state index in [-0.39, 0.29) is 11.9 Å². The van der Waals surface area contributed by atoms with Crippen molar-refractivity contribution in [2.24, 2.45) is 7.05 Å². The van der Waals surface area contributed by atoms with Gasteiger partial charge in [-0.2, -0.15) is 5.10 Å². The van der Waals surface area contributed by atoms with Crippen LogP contribution in [-0.4, -0.2) is 59.5 Å². The summed E-state index contributed by atoms with van der Waals surface area (Å²) in [5.74, 6) is -0.145. The van der Waals surface area contributed by atoms with Crippen molar-refractivity contribution in [3.05, 3.63) is 16.4 Å². The molecule has 1 saturated heterocycles. The molecule has 106 valence electrons. The van der Waals surface area contributed by atoms with E-state index in [1.807, 2.05) is 6.92 Å². The van der Waals surface area contributed by atoms with Crippen molar-refractivity contribution in [3.8, 4) is 0 Å². The van der Waals surface area contributed by atoms with Crippen LogP contribution in [0.2, 0.25) is 0 Å². The minimum atomic E-state index is -0.145. The first-order valence-corrected chi connectivity index (χ1v) is 7.15. The molecule has 1 aromatic rings. The minimum absolute atomic E-state index is 0.0829. The average molecular weight is 331 g/mol. The standard InChI is InChI=1S/C12H19BrN4O2/c1-9(7-17-3-5-19-6-4-17)14-12(18)11-10(13)8-16(2)15-11/h8-9H,3-7H2,1-2H3,(H,14,18). The van der Waals surface area contributed by atoms with Crippen molar-refractivity contribution < 1.29 is 9.53 Å². The van der Waals surface area contributed by atoms with E-state index in [4.69, 9.17) is 4.74 Å². The Morgan fingerprint density at radius 3 is 2.84 bits per heavy atom. The number of rotatable bonds is 4. The highest BCUT2D eigenvalue weighted by Gasteiger charge is 2.19. The molecule has 1 aliphatic heterocycles. The number of hydrogen-bond donors (Lipinski definition) is 1. The highest BCUT2D eigenvalue weighted by Crippen LogP contribution is 2.14. The summed E-state index contributed by atoms with van der Waals surface area (Å²) in [6, 6.07) is 0.0829.